The van der Waals surface area contributed by atoms with Crippen molar-refractivity contribution in [2.75, 3.05) is 23.7 Å². The number of carbonyl (C=O) groups is 1. The molecule has 0 bridgehead atoms. The van der Waals surface area contributed by atoms with E-state index in [0.29, 0.717) is 13.1 Å². The Morgan fingerprint density at radius 3 is 2.68 bits per heavy atom. The summed E-state index contributed by atoms with van der Waals surface area (Å²) >= 11 is 1.67. The molecule has 0 spiro atoms. The number of aryl methyl sites for hydroxylation is 1. The molecule has 1 aliphatic heterocycles. The van der Waals surface area contributed by atoms with Crippen LogP contribution < -0.4 is 9.62 Å². The average molecular weight is 417 g/mol. The number of anilines is 1. The van der Waals surface area contributed by atoms with Gasteiger partial charge in [-0.15, -0.1) is 11.8 Å². The van der Waals surface area contributed by atoms with Crippen molar-refractivity contribution in [3.63, 3.8) is 0 Å². The van der Waals surface area contributed by atoms with Crippen LogP contribution in [0.25, 0.3) is 0 Å². The molecule has 5 nitrogen and oxygen atoms in total. The predicted molar refractivity (Wildman–Crippen MR) is 112 cm³/mol. The highest BCUT2D eigenvalue weighted by Crippen LogP contribution is 2.40. The second-order valence-corrected chi connectivity index (χ2v) is 10.1. The number of nitrogens with one attached hydrogen (secondary N) is 1. The van der Waals surface area contributed by atoms with Crippen molar-refractivity contribution in [2.45, 2.75) is 35.5 Å². The molecule has 148 valence electrons. The zero-order chi connectivity index (χ0) is 19.6. The molecule has 4 rings (SSSR count). The average Bonchev–Trinajstić information content (AvgIpc) is 3.56. The van der Waals surface area contributed by atoms with Gasteiger partial charge in [-0.1, -0.05) is 30.3 Å². The Bertz CT molecular complexity index is 957. The van der Waals surface area contributed by atoms with Gasteiger partial charge < -0.3 is 4.90 Å². The largest absolute Gasteiger partial charge is 0.310 e. The van der Waals surface area contributed by atoms with E-state index in [-0.39, 0.29) is 16.7 Å². The van der Waals surface area contributed by atoms with Crippen molar-refractivity contribution in [1.82, 2.24) is 4.72 Å². The highest BCUT2D eigenvalue weighted by Gasteiger charge is 2.36. The van der Waals surface area contributed by atoms with Crippen LogP contribution in [0.2, 0.25) is 0 Å². The smallest absolute Gasteiger partial charge is 0.240 e. The van der Waals surface area contributed by atoms with Gasteiger partial charge in [-0.25, -0.2) is 13.1 Å². The van der Waals surface area contributed by atoms with Gasteiger partial charge in [-0.2, -0.15) is 0 Å². The van der Waals surface area contributed by atoms with E-state index in [0.717, 1.165) is 42.0 Å². The van der Waals surface area contributed by atoms with Gasteiger partial charge in [0.2, 0.25) is 15.9 Å². The molecule has 1 aliphatic carbocycles. The van der Waals surface area contributed by atoms with E-state index in [4.69, 9.17) is 0 Å². The lowest BCUT2D eigenvalue weighted by Gasteiger charge is -2.29. The summed E-state index contributed by atoms with van der Waals surface area (Å²) in [4.78, 5) is 15.6. The second kappa shape index (κ2) is 8.27. The third-order valence-corrected chi connectivity index (χ3v) is 7.58. The number of hydrogen-bond acceptors (Lipinski definition) is 4. The summed E-state index contributed by atoms with van der Waals surface area (Å²) in [7, 11) is -3.60. The number of hydrogen-bond donors (Lipinski definition) is 1. The van der Waals surface area contributed by atoms with Crippen molar-refractivity contribution in [3.05, 3.63) is 54.1 Å². The van der Waals surface area contributed by atoms with E-state index in [1.807, 2.05) is 36.4 Å². The number of nitrogens with zero attached hydrogens (tertiary/aromatic N) is 1. The molecule has 1 heterocycles. The molecule has 2 aromatic carbocycles. The van der Waals surface area contributed by atoms with Gasteiger partial charge in [-0.05, 0) is 49.4 Å². The molecule has 0 saturated heterocycles. The van der Waals surface area contributed by atoms with Crippen LogP contribution in [0.15, 0.2) is 58.3 Å². The molecule has 2 aliphatic rings. The molecule has 0 unspecified atom stereocenters. The molecule has 1 fully saturated rings. The molecule has 28 heavy (non-hydrogen) atoms. The summed E-state index contributed by atoms with van der Waals surface area (Å²) in [5.41, 5.74) is 1.93. The van der Waals surface area contributed by atoms with Gasteiger partial charge in [0.25, 0.3) is 0 Å². The number of rotatable bonds is 7. The number of sulfonamides is 1. The molecule has 1 N–H and O–H groups in total. The number of amides is 1. The number of fused-ring (bicyclic) bond motifs is 1. The van der Waals surface area contributed by atoms with Gasteiger partial charge in [0.05, 0.1) is 10.6 Å². The summed E-state index contributed by atoms with van der Waals surface area (Å²) in [6, 6.07) is 15.1. The van der Waals surface area contributed by atoms with Crippen LogP contribution in [0.3, 0.4) is 0 Å². The van der Waals surface area contributed by atoms with E-state index in [2.05, 4.69) is 4.72 Å². The monoisotopic (exact) mass is 416 g/mol. The molecule has 1 amide bonds. The van der Waals surface area contributed by atoms with Crippen LogP contribution >= 0.6 is 11.8 Å². The third kappa shape index (κ3) is 4.42. The minimum Gasteiger partial charge on any atom is -0.310 e. The minimum absolute atomic E-state index is 0.118. The SMILES string of the molecule is O=C(C1CC1)N1CCSc2ccc(S(=O)(=O)NCCCc3ccccc3)cc21. The molecule has 1 saturated carbocycles. The Morgan fingerprint density at radius 2 is 1.93 bits per heavy atom. The van der Waals surface area contributed by atoms with Crippen LogP contribution in [0.5, 0.6) is 0 Å². The lowest BCUT2D eigenvalue weighted by Crippen LogP contribution is -2.36. The van der Waals surface area contributed by atoms with Crippen molar-refractivity contribution < 1.29 is 13.2 Å². The quantitative estimate of drug-likeness (QED) is 0.702. The zero-order valence-electron chi connectivity index (χ0n) is 15.6. The van der Waals surface area contributed by atoms with Gasteiger partial charge in [0.1, 0.15) is 0 Å². The van der Waals surface area contributed by atoms with Gasteiger partial charge in [0, 0.05) is 29.7 Å². The van der Waals surface area contributed by atoms with Crippen LogP contribution in [0.4, 0.5) is 5.69 Å². The van der Waals surface area contributed by atoms with Crippen molar-refractivity contribution in [1.29, 1.82) is 0 Å². The first-order valence-corrected chi connectivity index (χ1v) is 12.1. The highest BCUT2D eigenvalue weighted by molar-refractivity contribution is 7.99. The number of carbonyl (C=O) groups excluding carboxylic acids is 1. The Kier molecular flexibility index (Phi) is 5.75. The Labute approximate surface area is 170 Å². The van der Waals surface area contributed by atoms with E-state index in [9.17, 15) is 13.2 Å². The van der Waals surface area contributed by atoms with E-state index in [1.54, 1.807) is 28.8 Å². The molecule has 7 heteroatoms. The first-order chi connectivity index (χ1) is 13.5. The topological polar surface area (TPSA) is 66.5 Å². The van der Waals surface area contributed by atoms with Crippen LogP contribution in [0.1, 0.15) is 24.8 Å². The summed E-state index contributed by atoms with van der Waals surface area (Å²) in [5.74, 6) is 1.09. The van der Waals surface area contributed by atoms with Crippen molar-refractivity contribution in [3.8, 4) is 0 Å². The summed E-state index contributed by atoms with van der Waals surface area (Å²) in [6.45, 7) is 1.02. The maximum Gasteiger partial charge on any atom is 0.240 e. The van der Waals surface area contributed by atoms with Crippen molar-refractivity contribution >= 4 is 33.4 Å². The lowest BCUT2D eigenvalue weighted by atomic mass is 10.1. The van der Waals surface area contributed by atoms with E-state index >= 15 is 0 Å². The van der Waals surface area contributed by atoms with E-state index < -0.39 is 10.0 Å². The first-order valence-electron chi connectivity index (χ1n) is 9.66. The second-order valence-electron chi connectivity index (χ2n) is 7.23. The minimum atomic E-state index is -3.60. The van der Waals surface area contributed by atoms with Gasteiger partial charge in [-0.3, -0.25) is 4.79 Å². The van der Waals surface area contributed by atoms with Crippen LogP contribution in [-0.4, -0.2) is 33.2 Å². The molecular formula is C21H24N2O3S2. The zero-order valence-corrected chi connectivity index (χ0v) is 17.3. The van der Waals surface area contributed by atoms with Gasteiger partial charge in [0.15, 0.2) is 0 Å². The van der Waals surface area contributed by atoms with Gasteiger partial charge >= 0.3 is 0 Å². The van der Waals surface area contributed by atoms with Crippen LogP contribution in [-0.2, 0) is 21.2 Å². The maximum atomic E-state index is 12.7. The highest BCUT2D eigenvalue weighted by atomic mass is 32.2. The van der Waals surface area contributed by atoms with E-state index in [1.165, 1.54) is 5.56 Å². The fourth-order valence-electron chi connectivity index (χ4n) is 3.37. The summed E-state index contributed by atoms with van der Waals surface area (Å²) in [6.07, 6.45) is 3.45. The number of thioether (sulfide) groups is 1. The third-order valence-electron chi connectivity index (χ3n) is 5.07. The standard InChI is InChI=1S/C21H24N2O3S2/c24-21(17-8-9-17)23-13-14-27-20-11-10-18(15-19(20)23)28(25,26)22-12-4-7-16-5-2-1-3-6-16/h1-3,5-6,10-11,15,17,22H,4,7-9,12-14H2. The Balaban J connectivity index is 1.44. The lowest BCUT2D eigenvalue weighted by molar-refractivity contribution is -0.119. The normalized spacial score (nSPS) is 16.6. The predicted octanol–water partition coefficient (Wildman–Crippen LogP) is 3.45. The molecular weight excluding hydrogens is 392 g/mol. The molecule has 0 atom stereocenters. The summed E-state index contributed by atoms with van der Waals surface area (Å²) in [5, 5.41) is 0. The summed E-state index contributed by atoms with van der Waals surface area (Å²) < 4.78 is 28.2. The number of benzene rings is 2. The fourth-order valence-corrected chi connectivity index (χ4v) is 5.44. The van der Waals surface area contributed by atoms with Crippen LogP contribution in [0, 0.1) is 5.92 Å². The Hall–Kier alpha value is -1.83. The molecule has 0 radical (unpaired) electrons. The Morgan fingerprint density at radius 1 is 1.14 bits per heavy atom. The molecule has 0 aromatic heterocycles. The van der Waals surface area contributed by atoms with Crippen molar-refractivity contribution in [2.24, 2.45) is 5.92 Å². The first kappa shape index (κ1) is 19.5. The fraction of sp³-hybridized carbons (Fsp3) is 0.381. The maximum absolute atomic E-state index is 12.7. The molecule has 2 aromatic rings.